The highest BCUT2D eigenvalue weighted by atomic mass is 32.2. The highest BCUT2D eigenvalue weighted by molar-refractivity contribution is 7.90. The van der Waals surface area contributed by atoms with E-state index in [0.29, 0.717) is 5.56 Å². The van der Waals surface area contributed by atoms with E-state index in [4.69, 9.17) is 16.6 Å². The molecule has 1 aromatic rings. The number of rotatable bonds is 4. The highest BCUT2D eigenvalue weighted by Gasteiger charge is 2.16. The molecule has 0 fully saturated rings. The minimum atomic E-state index is -3.45. The Labute approximate surface area is 99.2 Å². The molecule has 17 heavy (non-hydrogen) atoms. The summed E-state index contributed by atoms with van der Waals surface area (Å²) in [4.78, 5) is 10.5. The van der Waals surface area contributed by atoms with Crippen LogP contribution in [0.5, 0.6) is 0 Å². The number of nitrogens with two attached hydrogens (primary N) is 2. The van der Waals surface area contributed by atoms with Crippen LogP contribution in [0.4, 0.5) is 5.69 Å². The monoisotopic (exact) mass is 258 g/mol. The SMILES string of the molecule is CS(=O)(=O)c1cc(C(N)CC(=O)O)ccc1N. The van der Waals surface area contributed by atoms with E-state index in [1.807, 2.05) is 0 Å². The summed E-state index contributed by atoms with van der Waals surface area (Å²) in [6, 6.07) is 3.50. The van der Waals surface area contributed by atoms with Gasteiger partial charge in [0.25, 0.3) is 0 Å². The van der Waals surface area contributed by atoms with Crippen molar-refractivity contribution in [1.82, 2.24) is 0 Å². The molecule has 1 rings (SSSR count). The van der Waals surface area contributed by atoms with E-state index in [0.717, 1.165) is 6.26 Å². The maximum atomic E-state index is 11.4. The number of hydrogen-bond donors (Lipinski definition) is 3. The summed E-state index contributed by atoms with van der Waals surface area (Å²) in [5.74, 6) is -1.05. The van der Waals surface area contributed by atoms with Gasteiger partial charge < -0.3 is 16.6 Å². The molecule has 1 atom stereocenters. The van der Waals surface area contributed by atoms with Gasteiger partial charge in [0, 0.05) is 12.3 Å². The summed E-state index contributed by atoms with van der Waals surface area (Å²) >= 11 is 0. The number of carbonyl (C=O) groups is 1. The third-order valence-electron chi connectivity index (χ3n) is 2.26. The van der Waals surface area contributed by atoms with Gasteiger partial charge in [-0.25, -0.2) is 8.42 Å². The van der Waals surface area contributed by atoms with Crippen LogP contribution in [0.1, 0.15) is 18.0 Å². The first-order valence-corrected chi connectivity index (χ1v) is 6.68. The predicted octanol–water partition coefficient (Wildman–Crippen LogP) is 0.147. The van der Waals surface area contributed by atoms with Crippen molar-refractivity contribution in [3.63, 3.8) is 0 Å². The van der Waals surface area contributed by atoms with Gasteiger partial charge in [-0.1, -0.05) is 6.07 Å². The first kappa shape index (κ1) is 13.5. The van der Waals surface area contributed by atoms with Crippen LogP contribution >= 0.6 is 0 Å². The first-order valence-electron chi connectivity index (χ1n) is 4.78. The molecule has 0 aliphatic heterocycles. The Morgan fingerprint density at radius 3 is 2.53 bits per heavy atom. The fourth-order valence-corrected chi connectivity index (χ4v) is 2.26. The number of nitrogen functional groups attached to an aromatic ring is 1. The lowest BCUT2D eigenvalue weighted by Gasteiger charge is -2.12. The summed E-state index contributed by atoms with van der Waals surface area (Å²) in [5.41, 5.74) is 11.7. The highest BCUT2D eigenvalue weighted by Crippen LogP contribution is 2.23. The summed E-state index contributed by atoms with van der Waals surface area (Å²) in [6.07, 6.45) is 0.762. The van der Waals surface area contributed by atoms with Gasteiger partial charge in [-0.05, 0) is 17.7 Å². The topological polar surface area (TPSA) is 123 Å². The molecule has 5 N–H and O–H groups in total. The van der Waals surface area contributed by atoms with Crippen molar-refractivity contribution in [2.45, 2.75) is 17.4 Å². The zero-order chi connectivity index (χ0) is 13.2. The molecule has 0 radical (unpaired) electrons. The van der Waals surface area contributed by atoms with E-state index in [2.05, 4.69) is 0 Å². The smallest absolute Gasteiger partial charge is 0.305 e. The molecule has 1 aromatic carbocycles. The summed E-state index contributed by atoms with van der Waals surface area (Å²) in [6.45, 7) is 0. The zero-order valence-corrected chi connectivity index (χ0v) is 10.1. The number of sulfone groups is 1. The van der Waals surface area contributed by atoms with Gasteiger partial charge in [0.15, 0.2) is 9.84 Å². The molecule has 0 saturated heterocycles. The first-order chi connectivity index (χ1) is 7.71. The Morgan fingerprint density at radius 1 is 1.47 bits per heavy atom. The lowest BCUT2D eigenvalue weighted by molar-refractivity contribution is -0.137. The van der Waals surface area contributed by atoms with Gasteiger partial charge in [0.1, 0.15) is 0 Å². The Balaban J connectivity index is 3.17. The molecule has 1 unspecified atom stereocenters. The molecular formula is C10H14N2O4S. The molecule has 94 valence electrons. The van der Waals surface area contributed by atoms with Crippen LogP contribution in [0.2, 0.25) is 0 Å². The maximum Gasteiger partial charge on any atom is 0.305 e. The molecular weight excluding hydrogens is 244 g/mol. The van der Waals surface area contributed by atoms with Crippen LogP contribution in [-0.2, 0) is 14.6 Å². The second kappa shape index (κ2) is 4.72. The molecule has 0 saturated carbocycles. The van der Waals surface area contributed by atoms with E-state index >= 15 is 0 Å². The van der Waals surface area contributed by atoms with E-state index in [9.17, 15) is 13.2 Å². The summed E-state index contributed by atoms with van der Waals surface area (Å²) in [5, 5.41) is 8.61. The largest absolute Gasteiger partial charge is 0.481 e. The van der Waals surface area contributed by atoms with Crippen molar-refractivity contribution in [2.75, 3.05) is 12.0 Å². The van der Waals surface area contributed by atoms with Crippen LogP contribution in [0.15, 0.2) is 23.1 Å². The molecule has 6 nitrogen and oxygen atoms in total. The van der Waals surface area contributed by atoms with Gasteiger partial charge >= 0.3 is 5.97 Å². The average Bonchev–Trinajstić information content (AvgIpc) is 2.15. The van der Waals surface area contributed by atoms with E-state index < -0.39 is 21.8 Å². The van der Waals surface area contributed by atoms with E-state index in [1.54, 1.807) is 0 Å². The van der Waals surface area contributed by atoms with Crippen LogP contribution in [0.25, 0.3) is 0 Å². The third kappa shape index (κ3) is 3.43. The van der Waals surface area contributed by atoms with Gasteiger partial charge in [-0.2, -0.15) is 0 Å². The lowest BCUT2D eigenvalue weighted by atomic mass is 10.0. The molecule has 0 amide bonds. The van der Waals surface area contributed by atoms with Gasteiger partial charge in [-0.15, -0.1) is 0 Å². The second-order valence-electron chi connectivity index (χ2n) is 3.77. The number of carboxylic acids is 1. The van der Waals surface area contributed by atoms with Crippen LogP contribution < -0.4 is 11.5 Å². The number of aliphatic carboxylic acids is 1. The number of carboxylic acid groups (broad SMARTS) is 1. The number of hydrogen-bond acceptors (Lipinski definition) is 5. The molecule has 0 bridgehead atoms. The molecule has 7 heteroatoms. The average molecular weight is 258 g/mol. The Morgan fingerprint density at radius 2 is 2.06 bits per heavy atom. The molecule has 0 aliphatic carbocycles. The van der Waals surface area contributed by atoms with Crippen molar-refractivity contribution < 1.29 is 18.3 Å². The number of anilines is 1. The van der Waals surface area contributed by atoms with Crippen molar-refractivity contribution in [3.05, 3.63) is 23.8 Å². The van der Waals surface area contributed by atoms with Crippen molar-refractivity contribution in [1.29, 1.82) is 0 Å². The fourth-order valence-electron chi connectivity index (χ4n) is 1.41. The second-order valence-corrected chi connectivity index (χ2v) is 5.76. The Kier molecular flexibility index (Phi) is 3.74. The van der Waals surface area contributed by atoms with E-state index in [1.165, 1.54) is 18.2 Å². The van der Waals surface area contributed by atoms with Crippen LogP contribution in [-0.4, -0.2) is 25.7 Å². The normalized spacial score (nSPS) is 13.3. The van der Waals surface area contributed by atoms with Gasteiger partial charge in [0.2, 0.25) is 0 Å². The zero-order valence-electron chi connectivity index (χ0n) is 9.25. The summed E-state index contributed by atoms with van der Waals surface area (Å²) < 4.78 is 22.8. The molecule has 0 aromatic heterocycles. The molecule has 0 heterocycles. The van der Waals surface area contributed by atoms with Crippen LogP contribution in [0.3, 0.4) is 0 Å². The lowest BCUT2D eigenvalue weighted by Crippen LogP contribution is -2.16. The maximum absolute atomic E-state index is 11.4. The minimum absolute atomic E-state index is 0.0316. The quantitative estimate of drug-likeness (QED) is 0.660. The predicted molar refractivity (Wildman–Crippen MR) is 63.1 cm³/mol. The standard InChI is InChI=1S/C10H14N2O4S/c1-17(15,16)9-4-6(2-3-7(9)11)8(12)5-10(13)14/h2-4,8H,5,11-12H2,1H3,(H,13,14). The molecule has 0 spiro atoms. The van der Waals surface area contributed by atoms with Crippen LogP contribution in [0, 0.1) is 0 Å². The van der Waals surface area contributed by atoms with Crippen molar-refractivity contribution in [2.24, 2.45) is 5.73 Å². The van der Waals surface area contributed by atoms with Crippen molar-refractivity contribution in [3.8, 4) is 0 Å². The minimum Gasteiger partial charge on any atom is -0.481 e. The van der Waals surface area contributed by atoms with Gasteiger partial charge in [0.05, 0.1) is 17.0 Å². The fraction of sp³-hybridized carbons (Fsp3) is 0.300. The third-order valence-corrected chi connectivity index (χ3v) is 3.41. The van der Waals surface area contributed by atoms with Gasteiger partial charge in [-0.3, -0.25) is 4.79 Å². The van der Waals surface area contributed by atoms with Crippen molar-refractivity contribution >= 4 is 21.5 Å². The Bertz CT molecular complexity index is 539. The van der Waals surface area contributed by atoms with E-state index in [-0.39, 0.29) is 17.0 Å². The Hall–Kier alpha value is -1.60. The molecule has 0 aliphatic rings. The number of benzene rings is 1. The summed E-state index contributed by atoms with van der Waals surface area (Å²) in [7, 11) is -3.45.